The van der Waals surface area contributed by atoms with Gasteiger partial charge in [-0.2, -0.15) is 0 Å². The fourth-order valence-electron chi connectivity index (χ4n) is 2.36. The fraction of sp³-hybridized carbons (Fsp3) is 0.294. The van der Waals surface area contributed by atoms with Crippen molar-refractivity contribution in [3.63, 3.8) is 0 Å². The van der Waals surface area contributed by atoms with Gasteiger partial charge in [0.25, 0.3) is 5.91 Å². The number of carboxylic acids is 1. The van der Waals surface area contributed by atoms with Gasteiger partial charge in [-0.1, -0.05) is 37.3 Å². The second kappa shape index (κ2) is 6.93. The summed E-state index contributed by atoms with van der Waals surface area (Å²) in [5.74, 6) is -0.795. The van der Waals surface area contributed by atoms with Crippen molar-refractivity contribution in [2.45, 2.75) is 25.8 Å². The molecule has 0 aliphatic heterocycles. The zero-order valence-corrected chi connectivity index (χ0v) is 12.7. The Balaban J connectivity index is 2.21. The summed E-state index contributed by atoms with van der Waals surface area (Å²) in [4.78, 5) is 25.3. The summed E-state index contributed by atoms with van der Waals surface area (Å²) in [6.07, 6.45) is 2.29. The van der Waals surface area contributed by atoms with Crippen molar-refractivity contribution in [2.75, 3.05) is 7.05 Å². The average molecular weight is 301 g/mol. The van der Waals surface area contributed by atoms with E-state index in [0.717, 1.165) is 5.56 Å². The molecule has 5 nitrogen and oxygen atoms in total. The Kier molecular flexibility index (Phi) is 4.99. The molecule has 0 aliphatic carbocycles. The molecule has 0 aliphatic rings. The maximum Gasteiger partial charge on any atom is 0.326 e. The lowest BCUT2D eigenvalue weighted by Crippen LogP contribution is -2.44. The molecular weight excluding hydrogens is 282 g/mol. The number of aliphatic carboxylic acids is 1. The normalized spacial score (nSPS) is 11.9. The van der Waals surface area contributed by atoms with Crippen molar-refractivity contribution >= 4 is 11.9 Å². The van der Waals surface area contributed by atoms with Gasteiger partial charge in [0, 0.05) is 19.9 Å². The number of aryl methyl sites for hydroxylation is 1. The van der Waals surface area contributed by atoms with Crippen LogP contribution >= 0.6 is 0 Å². The lowest BCUT2D eigenvalue weighted by atomic mass is 10.0. The molecule has 1 aromatic heterocycles. The maximum atomic E-state index is 12.5. The summed E-state index contributed by atoms with van der Waals surface area (Å²) < 4.78 is 5.25. The lowest BCUT2D eigenvalue weighted by molar-refractivity contribution is -0.141. The molecule has 0 spiro atoms. The Morgan fingerprint density at radius 3 is 2.50 bits per heavy atom. The van der Waals surface area contributed by atoms with Crippen LogP contribution in [0, 0.1) is 0 Å². The van der Waals surface area contributed by atoms with Crippen LogP contribution in [0.25, 0.3) is 0 Å². The molecule has 0 saturated carbocycles. The molecule has 1 atom stereocenters. The third-order valence-corrected chi connectivity index (χ3v) is 3.64. The number of benzene rings is 1. The first kappa shape index (κ1) is 15.8. The molecule has 5 heteroatoms. The van der Waals surface area contributed by atoms with Crippen LogP contribution in [0.5, 0.6) is 0 Å². The molecule has 1 heterocycles. The van der Waals surface area contributed by atoms with Crippen LogP contribution in [0.15, 0.2) is 47.1 Å². The van der Waals surface area contributed by atoms with Gasteiger partial charge in [-0.05, 0) is 11.6 Å². The maximum absolute atomic E-state index is 12.5. The predicted octanol–water partition coefficient (Wildman–Crippen LogP) is 2.61. The van der Waals surface area contributed by atoms with E-state index in [4.69, 9.17) is 4.42 Å². The van der Waals surface area contributed by atoms with E-state index in [1.54, 1.807) is 6.07 Å². The highest BCUT2D eigenvalue weighted by atomic mass is 16.4. The molecule has 1 aromatic carbocycles. The van der Waals surface area contributed by atoms with Crippen molar-refractivity contribution in [3.05, 3.63) is 59.5 Å². The highest BCUT2D eigenvalue weighted by Gasteiger charge is 2.29. The molecule has 1 unspecified atom stereocenters. The Labute approximate surface area is 129 Å². The van der Waals surface area contributed by atoms with E-state index in [9.17, 15) is 14.7 Å². The van der Waals surface area contributed by atoms with E-state index in [0.29, 0.717) is 17.7 Å². The van der Waals surface area contributed by atoms with Gasteiger partial charge in [-0.25, -0.2) is 4.79 Å². The van der Waals surface area contributed by atoms with Crippen molar-refractivity contribution in [1.29, 1.82) is 0 Å². The first-order valence-corrected chi connectivity index (χ1v) is 7.14. The summed E-state index contributed by atoms with van der Waals surface area (Å²) in [5.41, 5.74) is 1.29. The van der Waals surface area contributed by atoms with E-state index >= 15 is 0 Å². The highest BCUT2D eigenvalue weighted by molar-refractivity contribution is 5.97. The van der Waals surface area contributed by atoms with Gasteiger partial charge in [0.15, 0.2) is 0 Å². The Morgan fingerprint density at radius 2 is 1.91 bits per heavy atom. The summed E-state index contributed by atoms with van der Waals surface area (Å²) in [6, 6.07) is 9.93. The minimum atomic E-state index is -1.03. The molecule has 0 radical (unpaired) electrons. The molecule has 2 aromatic rings. The topological polar surface area (TPSA) is 70.8 Å². The van der Waals surface area contributed by atoms with Crippen LogP contribution in [0.1, 0.15) is 28.6 Å². The van der Waals surface area contributed by atoms with Crippen molar-refractivity contribution in [2.24, 2.45) is 0 Å². The van der Waals surface area contributed by atoms with Crippen LogP contribution in [0.2, 0.25) is 0 Å². The summed E-state index contributed by atoms with van der Waals surface area (Å²) >= 11 is 0. The van der Waals surface area contributed by atoms with Gasteiger partial charge in [0.2, 0.25) is 0 Å². The standard InChI is InChI=1S/C17H19NO4/c1-3-15-13(9-10-22-15)16(19)18(2)14(17(20)21)11-12-7-5-4-6-8-12/h4-10,14H,3,11H2,1-2H3,(H,20,21). The molecule has 0 saturated heterocycles. The number of carboxylic acid groups (broad SMARTS) is 1. The Morgan fingerprint density at radius 1 is 1.23 bits per heavy atom. The SMILES string of the molecule is CCc1occc1C(=O)N(C)C(Cc1ccccc1)C(=O)O. The first-order valence-electron chi connectivity index (χ1n) is 7.14. The number of rotatable bonds is 6. The molecule has 116 valence electrons. The second-order valence-corrected chi connectivity index (χ2v) is 5.07. The summed E-state index contributed by atoms with van der Waals surface area (Å²) in [6.45, 7) is 1.88. The van der Waals surface area contributed by atoms with Crippen LogP contribution in [0.3, 0.4) is 0 Å². The quantitative estimate of drug-likeness (QED) is 0.890. The van der Waals surface area contributed by atoms with Crippen molar-refractivity contribution in [1.82, 2.24) is 4.90 Å². The monoisotopic (exact) mass is 301 g/mol. The zero-order chi connectivity index (χ0) is 16.1. The van der Waals surface area contributed by atoms with Gasteiger partial charge in [0.05, 0.1) is 11.8 Å². The smallest absolute Gasteiger partial charge is 0.326 e. The Bertz CT molecular complexity index is 648. The predicted molar refractivity (Wildman–Crippen MR) is 81.7 cm³/mol. The number of amides is 1. The lowest BCUT2D eigenvalue weighted by Gasteiger charge is -2.25. The molecule has 1 amide bonds. The van der Waals surface area contributed by atoms with E-state index in [-0.39, 0.29) is 12.3 Å². The van der Waals surface area contributed by atoms with Gasteiger partial charge < -0.3 is 14.4 Å². The van der Waals surface area contributed by atoms with Gasteiger partial charge in [-0.3, -0.25) is 4.79 Å². The van der Waals surface area contributed by atoms with Crippen LogP contribution < -0.4 is 0 Å². The minimum absolute atomic E-state index is 0.262. The van der Waals surface area contributed by atoms with E-state index in [1.165, 1.54) is 18.2 Å². The number of hydrogen-bond acceptors (Lipinski definition) is 3. The third kappa shape index (κ3) is 3.36. The number of likely N-dealkylation sites (N-methyl/N-ethyl adjacent to an activating group) is 1. The molecule has 22 heavy (non-hydrogen) atoms. The van der Waals surface area contributed by atoms with Gasteiger partial charge >= 0.3 is 5.97 Å². The second-order valence-electron chi connectivity index (χ2n) is 5.07. The molecule has 1 N–H and O–H groups in total. The van der Waals surface area contributed by atoms with Gasteiger partial charge in [-0.15, -0.1) is 0 Å². The average Bonchev–Trinajstić information content (AvgIpc) is 3.00. The number of nitrogens with zero attached hydrogens (tertiary/aromatic N) is 1. The fourth-order valence-corrected chi connectivity index (χ4v) is 2.36. The van der Waals surface area contributed by atoms with Crippen LogP contribution in [-0.2, 0) is 17.6 Å². The van der Waals surface area contributed by atoms with E-state index in [1.807, 2.05) is 37.3 Å². The van der Waals surface area contributed by atoms with Crippen LogP contribution in [0.4, 0.5) is 0 Å². The third-order valence-electron chi connectivity index (χ3n) is 3.64. The van der Waals surface area contributed by atoms with E-state index in [2.05, 4.69) is 0 Å². The van der Waals surface area contributed by atoms with Crippen molar-refractivity contribution < 1.29 is 19.1 Å². The minimum Gasteiger partial charge on any atom is -0.480 e. The summed E-state index contributed by atoms with van der Waals surface area (Å²) in [5, 5.41) is 9.46. The zero-order valence-electron chi connectivity index (χ0n) is 12.7. The van der Waals surface area contributed by atoms with Crippen LogP contribution in [-0.4, -0.2) is 35.0 Å². The number of hydrogen-bond donors (Lipinski definition) is 1. The molecular formula is C17H19NO4. The first-order chi connectivity index (χ1) is 10.5. The number of carbonyl (C=O) groups is 2. The molecule has 2 rings (SSSR count). The highest BCUT2D eigenvalue weighted by Crippen LogP contribution is 2.16. The van der Waals surface area contributed by atoms with Crippen molar-refractivity contribution in [3.8, 4) is 0 Å². The molecule has 0 bridgehead atoms. The van der Waals surface area contributed by atoms with Gasteiger partial charge in [0.1, 0.15) is 11.8 Å². The largest absolute Gasteiger partial charge is 0.480 e. The molecule has 0 fully saturated rings. The summed E-state index contributed by atoms with van der Waals surface area (Å²) in [7, 11) is 1.51. The number of furan rings is 1. The van der Waals surface area contributed by atoms with E-state index < -0.39 is 12.0 Å². The number of carbonyl (C=O) groups excluding carboxylic acids is 1. The Hall–Kier alpha value is -2.56.